The largest absolute Gasteiger partial charge is 0.330 e. The summed E-state index contributed by atoms with van der Waals surface area (Å²) in [6.07, 6.45) is 2.38. The van der Waals surface area contributed by atoms with Crippen LogP contribution in [0.25, 0.3) is 0 Å². The van der Waals surface area contributed by atoms with Gasteiger partial charge in [0.25, 0.3) is 5.69 Å². The lowest BCUT2D eigenvalue weighted by atomic mass is 10.2. The quantitative estimate of drug-likeness (QED) is 0.368. The summed E-state index contributed by atoms with van der Waals surface area (Å²) in [7, 11) is -3.69. The molecule has 0 bridgehead atoms. The van der Waals surface area contributed by atoms with E-state index in [-0.39, 0.29) is 23.7 Å². The summed E-state index contributed by atoms with van der Waals surface area (Å²) in [5.74, 6) is 0. The van der Waals surface area contributed by atoms with Gasteiger partial charge in [-0.05, 0) is 31.5 Å². The monoisotopic (exact) mass is 330 g/mol. The zero-order valence-electron chi connectivity index (χ0n) is 12.3. The molecular weight excluding hydrogens is 308 g/mol. The molecule has 0 aliphatic carbocycles. The molecule has 9 heteroatoms. The maximum Gasteiger partial charge on any atom is 0.269 e. The number of sulfonamides is 1. The summed E-state index contributed by atoms with van der Waals surface area (Å²) in [6.45, 7) is 1.35. The SMILES string of the molecule is NCCCCCN(CCN)S(=O)(=O)c1ccc([N+](=O)[O-])cc1. The van der Waals surface area contributed by atoms with E-state index in [1.165, 1.54) is 28.6 Å². The standard InChI is InChI=1S/C13H22N4O4S/c14-8-2-1-3-10-16(11-9-15)22(20,21)13-6-4-12(5-7-13)17(18)19/h4-7H,1-3,8-11,14-15H2. The highest BCUT2D eigenvalue weighted by molar-refractivity contribution is 7.89. The van der Waals surface area contributed by atoms with Crippen molar-refractivity contribution in [2.45, 2.75) is 24.2 Å². The van der Waals surface area contributed by atoms with Crippen LogP contribution >= 0.6 is 0 Å². The molecule has 0 aromatic heterocycles. The molecular formula is C13H22N4O4S. The molecule has 0 aliphatic rings. The Labute approximate surface area is 130 Å². The number of nitrogens with zero attached hydrogens (tertiary/aromatic N) is 2. The first-order valence-electron chi connectivity index (χ1n) is 7.08. The zero-order chi connectivity index (χ0) is 16.6. The van der Waals surface area contributed by atoms with Crippen molar-refractivity contribution in [1.82, 2.24) is 4.31 Å². The van der Waals surface area contributed by atoms with Crippen LogP contribution < -0.4 is 11.5 Å². The number of nitro groups is 1. The highest BCUT2D eigenvalue weighted by Crippen LogP contribution is 2.19. The van der Waals surface area contributed by atoms with Crippen LogP contribution in [-0.4, -0.2) is 43.8 Å². The minimum Gasteiger partial charge on any atom is -0.330 e. The van der Waals surface area contributed by atoms with Gasteiger partial charge >= 0.3 is 0 Å². The first-order valence-corrected chi connectivity index (χ1v) is 8.52. The van der Waals surface area contributed by atoms with Gasteiger partial charge in [-0.15, -0.1) is 0 Å². The first-order chi connectivity index (χ1) is 10.4. The summed E-state index contributed by atoms with van der Waals surface area (Å²) < 4.78 is 26.4. The Morgan fingerprint density at radius 1 is 1.00 bits per heavy atom. The molecule has 8 nitrogen and oxygen atoms in total. The van der Waals surface area contributed by atoms with E-state index >= 15 is 0 Å². The zero-order valence-corrected chi connectivity index (χ0v) is 13.2. The Morgan fingerprint density at radius 2 is 1.64 bits per heavy atom. The molecule has 0 saturated carbocycles. The van der Waals surface area contributed by atoms with Crippen molar-refractivity contribution in [2.24, 2.45) is 11.5 Å². The summed E-state index contributed by atoms with van der Waals surface area (Å²) >= 11 is 0. The maximum atomic E-state index is 12.5. The molecule has 4 N–H and O–H groups in total. The van der Waals surface area contributed by atoms with Gasteiger partial charge in [-0.1, -0.05) is 6.42 Å². The van der Waals surface area contributed by atoms with Gasteiger partial charge in [0.2, 0.25) is 10.0 Å². The van der Waals surface area contributed by atoms with Crippen molar-refractivity contribution < 1.29 is 13.3 Å². The van der Waals surface area contributed by atoms with Crippen molar-refractivity contribution >= 4 is 15.7 Å². The van der Waals surface area contributed by atoms with E-state index in [2.05, 4.69) is 0 Å². The third-order valence-corrected chi connectivity index (χ3v) is 5.09. The van der Waals surface area contributed by atoms with Crippen molar-refractivity contribution in [3.8, 4) is 0 Å². The number of rotatable bonds is 10. The van der Waals surface area contributed by atoms with Crippen LogP contribution in [0.2, 0.25) is 0 Å². The normalized spacial score (nSPS) is 11.8. The maximum absolute atomic E-state index is 12.5. The lowest BCUT2D eigenvalue weighted by Gasteiger charge is -2.21. The van der Waals surface area contributed by atoms with Gasteiger partial charge in [0.05, 0.1) is 9.82 Å². The van der Waals surface area contributed by atoms with Crippen molar-refractivity contribution in [3.63, 3.8) is 0 Å². The van der Waals surface area contributed by atoms with Crippen LogP contribution in [0.3, 0.4) is 0 Å². The highest BCUT2D eigenvalue weighted by atomic mass is 32.2. The van der Waals surface area contributed by atoms with Crippen LogP contribution in [0, 0.1) is 10.1 Å². The van der Waals surface area contributed by atoms with Crippen LogP contribution in [0.5, 0.6) is 0 Å². The third-order valence-electron chi connectivity index (χ3n) is 3.18. The summed E-state index contributed by atoms with van der Waals surface area (Å²) in [5.41, 5.74) is 10.7. The lowest BCUT2D eigenvalue weighted by Crippen LogP contribution is -2.36. The second kappa shape index (κ2) is 8.79. The second-order valence-corrected chi connectivity index (χ2v) is 6.73. The van der Waals surface area contributed by atoms with Gasteiger partial charge in [0.15, 0.2) is 0 Å². The summed E-state index contributed by atoms with van der Waals surface area (Å²) in [6, 6.07) is 4.86. The smallest absolute Gasteiger partial charge is 0.269 e. The molecule has 0 spiro atoms. The molecule has 0 fully saturated rings. The van der Waals surface area contributed by atoms with Crippen LogP contribution in [0.4, 0.5) is 5.69 Å². The number of nitrogens with two attached hydrogens (primary N) is 2. The average Bonchev–Trinajstić information content (AvgIpc) is 2.50. The van der Waals surface area contributed by atoms with E-state index in [0.717, 1.165) is 12.8 Å². The number of unbranched alkanes of at least 4 members (excludes halogenated alkanes) is 2. The van der Waals surface area contributed by atoms with Crippen LogP contribution in [0.1, 0.15) is 19.3 Å². The van der Waals surface area contributed by atoms with Gasteiger partial charge in [-0.25, -0.2) is 8.42 Å². The lowest BCUT2D eigenvalue weighted by molar-refractivity contribution is -0.384. The van der Waals surface area contributed by atoms with Gasteiger partial charge in [-0.2, -0.15) is 4.31 Å². The Balaban J connectivity index is 2.88. The van der Waals surface area contributed by atoms with E-state index in [4.69, 9.17) is 11.5 Å². The first kappa shape index (κ1) is 18.5. The molecule has 0 radical (unpaired) electrons. The van der Waals surface area contributed by atoms with Crippen LogP contribution in [0.15, 0.2) is 29.2 Å². The number of hydrogen-bond donors (Lipinski definition) is 2. The highest BCUT2D eigenvalue weighted by Gasteiger charge is 2.24. The fraction of sp³-hybridized carbons (Fsp3) is 0.538. The Morgan fingerprint density at radius 3 is 2.14 bits per heavy atom. The van der Waals surface area contributed by atoms with E-state index < -0.39 is 14.9 Å². The molecule has 0 heterocycles. The van der Waals surface area contributed by atoms with Gasteiger partial charge in [0, 0.05) is 31.8 Å². The third kappa shape index (κ3) is 5.02. The van der Waals surface area contributed by atoms with Gasteiger partial charge in [0.1, 0.15) is 0 Å². The van der Waals surface area contributed by atoms with Crippen molar-refractivity contribution in [2.75, 3.05) is 26.2 Å². The van der Waals surface area contributed by atoms with Crippen molar-refractivity contribution in [3.05, 3.63) is 34.4 Å². The molecule has 0 unspecified atom stereocenters. The molecule has 0 atom stereocenters. The number of nitro benzene ring substituents is 1. The fourth-order valence-corrected chi connectivity index (χ4v) is 3.49. The minimum atomic E-state index is -3.69. The second-order valence-electron chi connectivity index (χ2n) is 4.79. The molecule has 0 aliphatic heterocycles. The summed E-state index contributed by atoms with van der Waals surface area (Å²) in [4.78, 5) is 10.1. The molecule has 0 saturated heterocycles. The van der Waals surface area contributed by atoms with Crippen molar-refractivity contribution in [1.29, 1.82) is 0 Å². The van der Waals surface area contributed by atoms with Gasteiger partial charge in [-0.3, -0.25) is 10.1 Å². The van der Waals surface area contributed by atoms with Crippen LogP contribution in [-0.2, 0) is 10.0 Å². The molecule has 22 heavy (non-hydrogen) atoms. The molecule has 124 valence electrons. The Hall–Kier alpha value is -1.55. The number of non-ortho nitro benzene ring substituents is 1. The molecule has 1 rings (SSSR count). The topological polar surface area (TPSA) is 133 Å². The number of hydrogen-bond acceptors (Lipinski definition) is 6. The fourth-order valence-electron chi connectivity index (χ4n) is 1.99. The average molecular weight is 330 g/mol. The molecule has 1 aromatic carbocycles. The van der Waals surface area contributed by atoms with E-state index in [0.29, 0.717) is 19.5 Å². The predicted molar refractivity (Wildman–Crippen MR) is 83.8 cm³/mol. The van der Waals surface area contributed by atoms with Gasteiger partial charge < -0.3 is 11.5 Å². The Kier molecular flexibility index (Phi) is 7.39. The summed E-state index contributed by atoms with van der Waals surface area (Å²) in [5, 5.41) is 10.6. The predicted octanol–water partition coefficient (Wildman–Crippen LogP) is 0.673. The van der Waals surface area contributed by atoms with E-state index in [1.807, 2.05) is 0 Å². The van der Waals surface area contributed by atoms with E-state index in [1.54, 1.807) is 0 Å². The minimum absolute atomic E-state index is 0.0328. The van der Waals surface area contributed by atoms with E-state index in [9.17, 15) is 18.5 Å². The molecule has 1 aromatic rings. The Bertz CT molecular complexity index is 574. The number of benzene rings is 1. The molecule has 0 amide bonds.